The Kier molecular flexibility index (Phi) is 2.59. The van der Waals surface area contributed by atoms with Crippen LogP contribution in [0.3, 0.4) is 0 Å². The normalized spacial score (nSPS) is 10.1. The zero-order valence-corrected chi connectivity index (χ0v) is 8.71. The number of hydrogen-bond acceptors (Lipinski definition) is 5. The van der Waals surface area contributed by atoms with Crippen molar-refractivity contribution in [3.8, 4) is 22.9 Å². The first-order valence-corrected chi connectivity index (χ1v) is 4.67. The van der Waals surface area contributed by atoms with Crippen molar-refractivity contribution in [3.63, 3.8) is 0 Å². The lowest BCUT2D eigenvalue weighted by atomic mass is 10.1. The topological polar surface area (TPSA) is 81.3 Å². The van der Waals surface area contributed by atoms with E-state index in [-0.39, 0.29) is 5.75 Å². The lowest BCUT2D eigenvalue weighted by Gasteiger charge is -2.05. The number of benzene rings is 1. The number of ether oxygens (including phenoxy) is 1. The van der Waals surface area contributed by atoms with Gasteiger partial charge in [-0.25, -0.2) is 0 Å². The van der Waals surface area contributed by atoms with E-state index < -0.39 is 0 Å². The molecule has 0 unspecified atom stereocenters. The van der Waals surface area contributed by atoms with Crippen LogP contribution in [0.4, 0.5) is 5.69 Å². The van der Waals surface area contributed by atoms with Gasteiger partial charge < -0.3 is 15.6 Å². The van der Waals surface area contributed by atoms with E-state index >= 15 is 0 Å². The molecule has 0 bridgehead atoms. The molecule has 0 spiro atoms. The Morgan fingerprint density at radius 3 is 2.69 bits per heavy atom. The molecule has 16 heavy (non-hydrogen) atoms. The van der Waals surface area contributed by atoms with Crippen molar-refractivity contribution >= 4 is 5.69 Å². The summed E-state index contributed by atoms with van der Waals surface area (Å²) in [6, 6.07) is 8.38. The molecule has 0 saturated carbocycles. The zero-order chi connectivity index (χ0) is 11.5. The average molecular weight is 217 g/mol. The molecule has 3 N–H and O–H groups in total. The highest BCUT2D eigenvalue weighted by Crippen LogP contribution is 2.25. The van der Waals surface area contributed by atoms with Crippen LogP contribution in [0.5, 0.6) is 11.6 Å². The van der Waals surface area contributed by atoms with Gasteiger partial charge in [-0.05, 0) is 18.2 Å². The predicted molar refractivity (Wildman–Crippen MR) is 60.1 cm³/mol. The van der Waals surface area contributed by atoms with Crippen LogP contribution in [-0.2, 0) is 0 Å². The van der Waals surface area contributed by atoms with E-state index in [1.165, 1.54) is 7.11 Å². The molecule has 0 atom stereocenters. The molecule has 1 aromatic carbocycles. The van der Waals surface area contributed by atoms with Crippen molar-refractivity contribution in [3.05, 3.63) is 30.3 Å². The Bertz CT molecular complexity index is 514. The highest BCUT2D eigenvalue weighted by Gasteiger charge is 2.06. The second kappa shape index (κ2) is 4.06. The second-order valence-electron chi connectivity index (χ2n) is 3.24. The van der Waals surface area contributed by atoms with Gasteiger partial charge in [0.25, 0.3) is 5.88 Å². The molecule has 0 amide bonds. The van der Waals surface area contributed by atoms with Gasteiger partial charge in [-0.1, -0.05) is 12.1 Å². The summed E-state index contributed by atoms with van der Waals surface area (Å²) in [5, 5.41) is 17.1. The van der Waals surface area contributed by atoms with Crippen LogP contribution in [0.15, 0.2) is 30.3 Å². The van der Waals surface area contributed by atoms with Crippen LogP contribution >= 0.6 is 0 Å². The summed E-state index contributed by atoms with van der Waals surface area (Å²) in [6.07, 6.45) is 0. The number of methoxy groups -OCH3 is 1. The fourth-order valence-corrected chi connectivity index (χ4v) is 1.36. The molecule has 5 nitrogen and oxygen atoms in total. The van der Waals surface area contributed by atoms with Gasteiger partial charge >= 0.3 is 0 Å². The Labute approximate surface area is 92.5 Å². The van der Waals surface area contributed by atoms with Crippen molar-refractivity contribution in [1.82, 2.24) is 10.2 Å². The molecule has 1 aromatic heterocycles. The summed E-state index contributed by atoms with van der Waals surface area (Å²) < 4.78 is 4.91. The number of aromatic nitrogens is 2. The van der Waals surface area contributed by atoms with E-state index in [1.807, 2.05) is 6.07 Å². The highest BCUT2D eigenvalue weighted by molar-refractivity contribution is 5.65. The molecular weight excluding hydrogens is 206 g/mol. The Morgan fingerprint density at radius 1 is 1.25 bits per heavy atom. The maximum atomic E-state index is 9.34. The van der Waals surface area contributed by atoms with Gasteiger partial charge in [-0.15, -0.1) is 10.2 Å². The van der Waals surface area contributed by atoms with Crippen molar-refractivity contribution in [2.75, 3.05) is 12.8 Å². The van der Waals surface area contributed by atoms with Crippen LogP contribution in [0.1, 0.15) is 0 Å². The minimum Gasteiger partial charge on any atom is -0.508 e. The van der Waals surface area contributed by atoms with Gasteiger partial charge in [-0.3, -0.25) is 0 Å². The van der Waals surface area contributed by atoms with Crippen molar-refractivity contribution < 1.29 is 9.84 Å². The molecule has 0 radical (unpaired) electrons. The summed E-state index contributed by atoms with van der Waals surface area (Å²) in [5.74, 6) is 0.470. The fraction of sp³-hybridized carbons (Fsp3) is 0.0909. The molecular formula is C11H11N3O2. The first-order chi connectivity index (χ1) is 7.70. The molecule has 0 aliphatic carbocycles. The molecule has 2 aromatic rings. The number of nitrogens with zero attached hydrogens (tertiary/aromatic N) is 2. The number of phenols is 1. The largest absolute Gasteiger partial charge is 0.508 e. The zero-order valence-electron chi connectivity index (χ0n) is 8.71. The Balaban J connectivity index is 2.45. The number of hydrogen-bond donors (Lipinski definition) is 2. The number of nitrogens with two attached hydrogens (primary N) is 1. The van der Waals surface area contributed by atoms with E-state index in [2.05, 4.69) is 10.2 Å². The highest BCUT2D eigenvalue weighted by atomic mass is 16.5. The van der Waals surface area contributed by atoms with Gasteiger partial charge in [-0.2, -0.15) is 0 Å². The Morgan fingerprint density at radius 2 is 2.06 bits per heavy atom. The third-order valence-corrected chi connectivity index (χ3v) is 2.12. The van der Waals surface area contributed by atoms with Crippen LogP contribution in [0.2, 0.25) is 0 Å². The van der Waals surface area contributed by atoms with Gasteiger partial charge in [0.2, 0.25) is 0 Å². The molecule has 5 heteroatoms. The summed E-state index contributed by atoms with van der Waals surface area (Å²) in [5.41, 5.74) is 7.47. The maximum absolute atomic E-state index is 9.34. The Hall–Kier alpha value is -2.30. The van der Waals surface area contributed by atoms with Gasteiger partial charge in [0, 0.05) is 5.56 Å². The van der Waals surface area contributed by atoms with Gasteiger partial charge in [0.05, 0.1) is 18.5 Å². The van der Waals surface area contributed by atoms with E-state index in [1.54, 1.807) is 24.3 Å². The number of nitrogen functional groups attached to an aromatic ring is 1. The summed E-state index contributed by atoms with van der Waals surface area (Å²) in [6.45, 7) is 0. The first-order valence-electron chi connectivity index (χ1n) is 4.67. The van der Waals surface area contributed by atoms with Gasteiger partial charge in [0.1, 0.15) is 5.75 Å². The molecule has 0 saturated heterocycles. The quantitative estimate of drug-likeness (QED) is 0.795. The molecule has 0 aliphatic rings. The number of anilines is 1. The standard InChI is InChI=1S/C11H11N3O2/c1-16-11-9(12)6-10(13-14-11)7-3-2-4-8(15)5-7/h2-6,15H,1H3,(H2,12,13). The summed E-state index contributed by atoms with van der Waals surface area (Å²) in [4.78, 5) is 0. The van der Waals surface area contributed by atoms with E-state index in [0.29, 0.717) is 17.3 Å². The minimum absolute atomic E-state index is 0.175. The SMILES string of the molecule is COc1nnc(-c2cccc(O)c2)cc1N. The third kappa shape index (κ3) is 1.88. The number of aromatic hydroxyl groups is 1. The average Bonchev–Trinajstić information content (AvgIpc) is 2.29. The molecule has 82 valence electrons. The minimum atomic E-state index is 0.175. The lowest BCUT2D eigenvalue weighted by Crippen LogP contribution is -1.98. The summed E-state index contributed by atoms with van der Waals surface area (Å²) >= 11 is 0. The van der Waals surface area contributed by atoms with Gasteiger partial charge in [0.15, 0.2) is 0 Å². The smallest absolute Gasteiger partial charge is 0.256 e. The molecule has 1 heterocycles. The number of rotatable bonds is 2. The first kappa shape index (κ1) is 10.2. The molecule has 2 rings (SSSR count). The van der Waals surface area contributed by atoms with Crippen molar-refractivity contribution in [2.24, 2.45) is 0 Å². The fourth-order valence-electron chi connectivity index (χ4n) is 1.36. The molecule has 0 aliphatic heterocycles. The van der Waals surface area contributed by atoms with Crippen molar-refractivity contribution in [1.29, 1.82) is 0 Å². The van der Waals surface area contributed by atoms with Crippen LogP contribution in [0.25, 0.3) is 11.3 Å². The molecule has 0 fully saturated rings. The monoisotopic (exact) mass is 217 g/mol. The third-order valence-electron chi connectivity index (χ3n) is 2.12. The van der Waals surface area contributed by atoms with E-state index in [0.717, 1.165) is 5.56 Å². The van der Waals surface area contributed by atoms with E-state index in [9.17, 15) is 5.11 Å². The van der Waals surface area contributed by atoms with Crippen LogP contribution < -0.4 is 10.5 Å². The predicted octanol–water partition coefficient (Wildman–Crippen LogP) is 1.44. The maximum Gasteiger partial charge on any atom is 0.256 e. The van der Waals surface area contributed by atoms with E-state index in [4.69, 9.17) is 10.5 Å². The van der Waals surface area contributed by atoms with Crippen molar-refractivity contribution in [2.45, 2.75) is 0 Å². The lowest BCUT2D eigenvalue weighted by molar-refractivity contribution is 0.394. The number of phenolic OH excluding ortho intramolecular Hbond substituents is 1. The van der Waals surface area contributed by atoms with Crippen LogP contribution in [-0.4, -0.2) is 22.4 Å². The second-order valence-corrected chi connectivity index (χ2v) is 3.24. The van der Waals surface area contributed by atoms with Crippen LogP contribution in [0, 0.1) is 0 Å². The summed E-state index contributed by atoms with van der Waals surface area (Å²) in [7, 11) is 1.48.